The molecule has 0 radical (unpaired) electrons. The molecule has 0 amide bonds. The molecule has 64 heavy (non-hydrogen) atoms. The third kappa shape index (κ3) is 5.63. The van der Waals surface area contributed by atoms with Crippen molar-refractivity contribution in [1.29, 1.82) is 0 Å². The maximum absolute atomic E-state index is 6.95. The van der Waals surface area contributed by atoms with E-state index < -0.39 is 0 Å². The van der Waals surface area contributed by atoms with Crippen molar-refractivity contribution in [2.24, 2.45) is 0 Å². The summed E-state index contributed by atoms with van der Waals surface area (Å²) in [6.07, 6.45) is 0. The van der Waals surface area contributed by atoms with Crippen LogP contribution in [0.1, 0.15) is 0 Å². The highest BCUT2D eigenvalue weighted by Crippen LogP contribution is 2.47. The highest BCUT2D eigenvalue weighted by atomic mass is 16.3. The molecular weight excluding hydrogens is 779 g/mol. The number of para-hydroxylation sites is 6. The van der Waals surface area contributed by atoms with Crippen LogP contribution in [0, 0.1) is 0 Å². The SMILES string of the molecule is c1ccc(-c2ccc(N(c3ccc(-n4c5ccccc5c5ccccc54)cc3)c3cc(-c4cccc5c6ccccc6n(-c6ccccc6)c45)cc4c3oc3ccccc34)cc2)cc1. The van der Waals surface area contributed by atoms with E-state index in [-0.39, 0.29) is 0 Å². The van der Waals surface area contributed by atoms with Crippen molar-refractivity contribution in [3.05, 3.63) is 237 Å². The van der Waals surface area contributed by atoms with Crippen LogP contribution in [0.4, 0.5) is 17.1 Å². The second-order valence-electron chi connectivity index (χ2n) is 16.5. The highest BCUT2D eigenvalue weighted by Gasteiger charge is 2.24. The molecule has 0 N–H and O–H groups in total. The summed E-state index contributed by atoms with van der Waals surface area (Å²) < 4.78 is 11.7. The Morgan fingerprint density at radius 3 is 1.50 bits per heavy atom. The van der Waals surface area contributed by atoms with Gasteiger partial charge in [-0.05, 0) is 102 Å². The Hall–Kier alpha value is -8.60. The summed E-state index contributed by atoms with van der Waals surface area (Å²) >= 11 is 0. The Balaban J connectivity index is 1.07. The smallest absolute Gasteiger partial charge is 0.159 e. The Labute approximate surface area is 369 Å². The van der Waals surface area contributed by atoms with Gasteiger partial charge in [0.1, 0.15) is 5.58 Å². The molecule has 4 nitrogen and oxygen atoms in total. The normalized spacial score (nSPS) is 11.8. The van der Waals surface area contributed by atoms with E-state index >= 15 is 0 Å². The summed E-state index contributed by atoms with van der Waals surface area (Å²) in [5, 5.41) is 7.07. The highest BCUT2D eigenvalue weighted by molar-refractivity contribution is 6.17. The summed E-state index contributed by atoms with van der Waals surface area (Å²) in [7, 11) is 0. The second kappa shape index (κ2) is 14.5. The van der Waals surface area contributed by atoms with E-state index in [0.29, 0.717) is 0 Å². The number of hydrogen-bond acceptors (Lipinski definition) is 2. The van der Waals surface area contributed by atoms with E-state index in [0.717, 1.165) is 67.1 Å². The van der Waals surface area contributed by atoms with Crippen LogP contribution in [0.5, 0.6) is 0 Å². The zero-order valence-electron chi connectivity index (χ0n) is 34.8. The third-order valence-corrected chi connectivity index (χ3v) is 12.9. The monoisotopic (exact) mass is 817 g/mol. The number of rotatable bonds is 7. The van der Waals surface area contributed by atoms with E-state index in [1.165, 1.54) is 49.2 Å². The first kappa shape index (κ1) is 36.1. The fourth-order valence-electron chi connectivity index (χ4n) is 10.0. The fourth-order valence-corrected chi connectivity index (χ4v) is 10.0. The van der Waals surface area contributed by atoms with Gasteiger partial charge in [-0.1, -0.05) is 152 Å². The number of anilines is 3. The van der Waals surface area contributed by atoms with Gasteiger partial charge in [0, 0.05) is 60.6 Å². The minimum Gasteiger partial charge on any atom is -0.454 e. The molecule has 0 spiro atoms. The van der Waals surface area contributed by atoms with Crippen molar-refractivity contribution < 1.29 is 4.42 Å². The van der Waals surface area contributed by atoms with Crippen LogP contribution in [0.15, 0.2) is 241 Å². The molecule has 13 aromatic rings. The zero-order chi connectivity index (χ0) is 42.1. The minimum absolute atomic E-state index is 0.833. The number of nitrogens with zero attached hydrogens (tertiary/aromatic N) is 3. The number of hydrogen-bond donors (Lipinski definition) is 0. The molecular formula is C60H39N3O. The second-order valence-corrected chi connectivity index (χ2v) is 16.5. The van der Waals surface area contributed by atoms with Gasteiger partial charge in [0.05, 0.1) is 27.8 Å². The van der Waals surface area contributed by atoms with Crippen molar-refractivity contribution in [3.63, 3.8) is 0 Å². The van der Waals surface area contributed by atoms with Crippen LogP contribution >= 0.6 is 0 Å². The van der Waals surface area contributed by atoms with E-state index in [1.54, 1.807) is 0 Å². The third-order valence-electron chi connectivity index (χ3n) is 12.9. The average Bonchev–Trinajstić information content (AvgIpc) is 4.03. The maximum atomic E-state index is 6.95. The molecule has 0 aliphatic rings. The van der Waals surface area contributed by atoms with Crippen LogP contribution in [0.3, 0.4) is 0 Å². The Morgan fingerprint density at radius 1 is 0.328 bits per heavy atom. The minimum atomic E-state index is 0.833. The summed E-state index contributed by atoms with van der Waals surface area (Å²) in [6, 6.07) is 85.1. The molecule has 10 aromatic carbocycles. The van der Waals surface area contributed by atoms with Gasteiger partial charge in [0.25, 0.3) is 0 Å². The molecule has 3 aromatic heterocycles. The first-order valence-electron chi connectivity index (χ1n) is 21.8. The Kier molecular flexibility index (Phi) is 8.18. The summed E-state index contributed by atoms with van der Waals surface area (Å²) in [4.78, 5) is 2.37. The van der Waals surface area contributed by atoms with Gasteiger partial charge in [0.15, 0.2) is 5.58 Å². The molecule has 0 aliphatic heterocycles. The predicted octanol–water partition coefficient (Wildman–Crippen LogP) is 16.6. The van der Waals surface area contributed by atoms with Gasteiger partial charge >= 0.3 is 0 Å². The number of benzene rings is 10. The van der Waals surface area contributed by atoms with E-state index in [1.807, 2.05) is 0 Å². The average molecular weight is 818 g/mol. The molecule has 4 heteroatoms. The molecule has 0 aliphatic carbocycles. The maximum Gasteiger partial charge on any atom is 0.159 e. The molecule has 300 valence electrons. The number of fused-ring (bicyclic) bond motifs is 9. The van der Waals surface area contributed by atoms with E-state index in [2.05, 4.69) is 251 Å². The Morgan fingerprint density at radius 2 is 0.828 bits per heavy atom. The molecule has 0 unspecified atom stereocenters. The lowest BCUT2D eigenvalue weighted by molar-refractivity contribution is 0.669. The van der Waals surface area contributed by atoms with Gasteiger partial charge in [0.2, 0.25) is 0 Å². The van der Waals surface area contributed by atoms with Crippen molar-refractivity contribution in [1.82, 2.24) is 9.13 Å². The summed E-state index contributed by atoms with van der Waals surface area (Å²) in [5.41, 5.74) is 16.2. The Bertz CT molecular complexity index is 3820. The predicted molar refractivity (Wildman–Crippen MR) is 268 cm³/mol. The molecule has 13 rings (SSSR count). The summed E-state index contributed by atoms with van der Waals surface area (Å²) in [6.45, 7) is 0. The van der Waals surface area contributed by atoms with Crippen molar-refractivity contribution >= 4 is 82.6 Å². The lowest BCUT2D eigenvalue weighted by Crippen LogP contribution is -2.11. The molecule has 3 heterocycles. The van der Waals surface area contributed by atoms with E-state index in [4.69, 9.17) is 4.42 Å². The molecule has 0 atom stereocenters. The van der Waals surface area contributed by atoms with Gasteiger partial charge in [-0.15, -0.1) is 0 Å². The number of aromatic nitrogens is 2. The van der Waals surface area contributed by atoms with Crippen LogP contribution < -0.4 is 4.90 Å². The largest absolute Gasteiger partial charge is 0.454 e. The fraction of sp³-hybridized carbons (Fsp3) is 0. The van der Waals surface area contributed by atoms with Gasteiger partial charge in [-0.25, -0.2) is 0 Å². The van der Waals surface area contributed by atoms with Crippen LogP contribution in [-0.2, 0) is 0 Å². The molecule has 0 bridgehead atoms. The molecule has 0 saturated heterocycles. The quantitative estimate of drug-likeness (QED) is 0.160. The lowest BCUT2D eigenvalue weighted by Gasteiger charge is -2.27. The number of furan rings is 1. The van der Waals surface area contributed by atoms with Crippen LogP contribution in [0.25, 0.3) is 99.2 Å². The topological polar surface area (TPSA) is 26.2 Å². The van der Waals surface area contributed by atoms with Crippen molar-refractivity contribution in [3.8, 4) is 33.6 Å². The van der Waals surface area contributed by atoms with Crippen LogP contribution in [0.2, 0.25) is 0 Å². The van der Waals surface area contributed by atoms with E-state index in [9.17, 15) is 0 Å². The van der Waals surface area contributed by atoms with Gasteiger partial charge < -0.3 is 18.5 Å². The lowest BCUT2D eigenvalue weighted by atomic mass is 9.98. The van der Waals surface area contributed by atoms with Crippen LogP contribution in [-0.4, -0.2) is 9.13 Å². The first-order valence-corrected chi connectivity index (χ1v) is 21.8. The standard InChI is InChI=1S/C60H39N3O/c1-3-16-40(17-4-1)41-30-32-44(33-31-41)61(45-34-36-46(37-35-45)62-54-26-11-7-20-48(54)49-21-8-12-27-55(49)62)57-39-42(38-53-51-23-10-14-29-58(51)64-60(53)57)47-24-15-25-52-50-22-9-13-28-56(50)63(59(47)52)43-18-5-2-6-19-43/h1-39H. The molecule has 0 saturated carbocycles. The first-order chi connectivity index (χ1) is 31.8. The zero-order valence-corrected chi connectivity index (χ0v) is 34.8. The molecule has 0 fully saturated rings. The van der Waals surface area contributed by atoms with Crippen molar-refractivity contribution in [2.75, 3.05) is 4.90 Å². The van der Waals surface area contributed by atoms with Gasteiger partial charge in [-0.3, -0.25) is 0 Å². The van der Waals surface area contributed by atoms with Gasteiger partial charge in [-0.2, -0.15) is 0 Å². The van der Waals surface area contributed by atoms with Crippen molar-refractivity contribution in [2.45, 2.75) is 0 Å². The summed E-state index contributed by atoms with van der Waals surface area (Å²) in [5.74, 6) is 0.